The molecule has 0 aliphatic carbocycles. The fraction of sp³-hybridized carbons (Fsp3) is 0.494. The molecular formula is C81H89N7O21S2. The van der Waals surface area contributed by atoms with Crippen LogP contribution in [0.4, 0.5) is 0 Å². The van der Waals surface area contributed by atoms with Crippen LogP contribution in [0.1, 0.15) is 138 Å². The number of aromatic hydroxyl groups is 2. The molecule has 14 aliphatic heterocycles. The van der Waals surface area contributed by atoms with E-state index in [1.165, 1.54) is 51.6 Å². The number of aryl methyl sites for hydroxylation is 2. The van der Waals surface area contributed by atoms with E-state index in [1.54, 1.807) is 52.7 Å². The summed E-state index contributed by atoms with van der Waals surface area (Å²) < 4.78 is 85.2. The van der Waals surface area contributed by atoms with Crippen molar-refractivity contribution in [1.29, 1.82) is 5.26 Å². The van der Waals surface area contributed by atoms with Crippen molar-refractivity contribution in [2.75, 3.05) is 108 Å². The molecular weight excluding hydrogens is 1470 g/mol. The zero-order chi connectivity index (χ0) is 78.0. The number of likely N-dealkylation sites (N-methyl/N-ethyl adjacent to an activating group) is 2. The summed E-state index contributed by atoms with van der Waals surface area (Å²) in [5.41, 5.74) is 10.2. The number of thioether (sulfide) groups is 2. The minimum Gasteiger partial charge on any atom is -0.504 e. The molecule has 0 aromatic heterocycles. The van der Waals surface area contributed by atoms with Crippen LogP contribution in [0.2, 0.25) is 0 Å². The summed E-state index contributed by atoms with van der Waals surface area (Å²) in [5, 5.41) is 51.4. The van der Waals surface area contributed by atoms with Crippen LogP contribution in [0.25, 0.3) is 0 Å². The zero-order valence-electron chi connectivity index (χ0n) is 64.1. The predicted molar refractivity (Wildman–Crippen MR) is 402 cm³/mol. The second-order valence-corrected chi connectivity index (χ2v) is 32.7. The van der Waals surface area contributed by atoms with Gasteiger partial charge < -0.3 is 81.6 Å². The summed E-state index contributed by atoms with van der Waals surface area (Å²) >= 11 is 3.04. The molecule has 30 heteroatoms. The second kappa shape index (κ2) is 27.8. The number of nitrogens with zero attached hydrogens (tertiary/aromatic N) is 5. The highest BCUT2D eigenvalue weighted by atomic mass is 32.2. The molecule has 8 bridgehead atoms. The third kappa shape index (κ3) is 10.9. The average molecular weight is 1560 g/mol. The molecule has 4 fully saturated rings. The standard InChI is InChI=1S/C41H44N4O10S.C40H45N3O11S/c1-18-10-22-11-24-25(14-42)45-26-15-52-40(48)41(23-13-28(49-5)27(47)12-21(23)8-9-43-41)16-56-39(33(45)32(44(24)4)29(22)37(51-7)34(18)50-6)31-30(26)38-36(53-17-54-38)19(2)35(31)55-20(3)46;1-17-10-21-11-23-38(46)43-24-14-51-39(47)40(22-13-26(48-5)25(45)12-20(22)8-9-41-40)15-55-37(31(43)30(42(23)4)27(21)35(50-7)32(17)49-6)29-28(24)36-34(52-16-53-36)18(2)33(29)54-19(3)44/h10,12-13,24-26,32-33,39,43,47H,8-9,11,15-17H2,1-7H3;10,12-13,23-24,30-31,37-38,41,45-46H,8-9,11,14-16H2,1-7H3/t24-,25-,26-,32+,33?,39+,41+;23-,24-,30+,31?,37+,38-,40+/m00/s1. The molecule has 0 amide bonds. The molecule has 586 valence electrons. The first-order valence-electron chi connectivity index (χ1n) is 37.2. The van der Waals surface area contributed by atoms with E-state index >= 15 is 0 Å². The Morgan fingerprint density at radius 1 is 0.532 bits per heavy atom. The molecule has 5 N–H and O–H groups in total. The number of hydrogen-bond donors (Lipinski definition) is 5. The number of aliphatic hydroxyl groups is 1. The first-order chi connectivity index (χ1) is 53.4. The SMILES string of the molecule is COc1cc2c(cc1O)CCN[C@]21CS[C@@H]2c3c(OC(C)=O)c(C)c4c(c3[C@H](COC1=O)N1C2[C@H]2c3c(cc(C)c(OC)c3OC)C[C@@H]([C@@H]1C#N)N2C)OCO4.COc1cc2c(cc1O)CCN[C@]21CS[C@@H]2c3c(OC(C)=O)c(C)c4c(c3[C@H](COC1=O)N1C2[C@H]2c3c(cc(C)c(OC)c3OC)C[C@@H]([C@@H]1O)N2C)OCO4. The number of carbonyl (C=O) groups is 4. The van der Waals surface area contributed by atoms with Crippen LogP contribution in [0.15, 0.2) is 36.4 Å². The molecule has 28 nitrogen and oxygen atoms in total. The minimum absolute atomic E-state index is 0.00949. The predicted octanol–water partition coefficient (Wildman–Crippen LogP) is 8.01. The number of fused-ring (bicyclic) bond motifs is 18. The Morgan fingerprint density at radius 3 is 1.37 bits per heavy atom. The molecule has 6 aromatic rings. The van der Waals surface area contributed by atoms with Gasteiger partial charge in [0.05, 0.1) is 89.4 Å². The lowest BCUT2D eigenvalue weighted by atomic mass is 9.71. The van der Waals surface area contributed by atoms with Crippen LogP contribution in [0, 0.1) is 39.0 Å². The van der Waals surface area contributed by atoms with E-state index in [0.29, 0.717) is 130 Å². The maximum absolute atomic E-state index is 14.8. The largest absolute Gasteiger partial charge is 0.504 e. The number of esters is 4. The van der Waals surface area contributed by atoms with Crippen LogP contribution >= 0.6 is 23.5 Å². The van der Waals surface area contributed by atoms with Crippen LogP contribution in [0.3, 0.4) is 0 Å². The summed E-state index contributed by atoms with van der Waals surface area (Å²) in [4.78, 5) is 64.3. The van der Waals surface area contributed by atoms with Crippen molar-refractivity contribution >= 4 is 47.4 Å². The monoisotopic (exact) mass is 1560 g/mol. The Kier molecular flexibility index (Phi) is 18.7. The van der Waals surface area contributed by atoms with Crippen molar-refractivity contribution in [2.24, 2.45) is 0 Å². The molecule has 6 aromatic carbocycles. The van der Waals surface area contributed by atoms with E-state index < -0.39 is 81.9 Å². The lowest BCUT2D eigenvalue weighted by Gasteiger charge is -2.62. The normalized spacial score (nSPS) is 28.8. The van der Waals surface area contributed by atoms with Gasteiger partial charge >= 0.3 is 23.9 Å². The van der Waals surface area contributed by atoms with E-state index in [2.05, 4.69) is 55.5 Å². The van der Waals surface area contributed by atoms with Gasteiger partial charge in [-0.05, 0) is 136 Å². The molecule has 0 saturated carbocycles. The number of ether oxygens (including phenoxy) is 14. The number of nitrogens with one attached hydrogen (secondary N) is 2. The highest BCUT2D eigenvalue weighted by Gasteiger charge is 2.65. The van der Waals surface area contributed by atoms with Gasteiger partial charge in [0.25, 0.3) is 0 Å². The molecule has 4 saturated heterocycles. The number of carbonyl (C=O) groups excluding carboxylic acids is 4. The van der Waals surface area contributed by atoms with Gasteiger partial charge in [0.2, 0.25) is 13.6 Å². The molecule has 20 rings (SSSR count). The average Bonchev–Trinajstić information content (AvgIpc) is 1.37. The van der Waals surface area contributed by atoms with Gasteiger partial charge in [-0.3, -0.25) is 39.8 Å². The van der Waals surface area contributed by atoms with Crippen molar-refractivity contribution in [2.45, 2.75) is 149 Å². The number of piperazine rings is 2. The summed E-state index contributed by atoms with van der Waals surface area (Å²) in [7, 11) is 13.6. The number of phenolic OH excluding ortho intramolecular Hbond substituents is 2. The van der Waals surface area contributed by atoms with Gasteiger partial charge in [-0.25, -0.2) is 9.59 Å². The Balaban J connectivity index is 0.000000161. The maximum atomic E-state index is 14.8. The number of aliphatic hydroxyl groups excluding tert-OH is 1. The van der Waals surface area contributed by atoms with Crippen molar-refractivity contribution in [3.8, 4) is 86.6 Å². The number of hydrogen-bond acceptors (Lipinski definition) is 30. The number of methoxy groups -OCH3 is 6. The van der Waals surface area contributed by atoms with E-state index in [1.807, 2.05) is 34.7 Å². The molecule has 2 spiro atoms. The van der Waals surface area contributed by atoms with Gasteiger partial charge in [0.15, 0.2) is 80.1 Å². The number of benzene rings is 6. The molecule has 2 unspecified atom stereocenters. The summed E-state index contributed by atoms with van der Waals surface area (Å²) in [6.07, 6.45) is 1.26. The van der Waals surface area contributed by atoms with Crippen LogP contribution in [0.5, 0.6) is 80.5 Å². The van der Waals surface area contributed by atoms with E-state index in [-0.39, 0.29) is 85.5 Å². The second-order valence-electron chi connectivity index (χ2n) is 30.4. The number of nitriles is 1. The van der Waals surface area contributed by atoms with Gasteiger partial charge in [-0.15, -0.1) is 23.5 Å². The Morgan fingerprint density at radius 2 is 0.946 bits per heavy atom. The quantitative estimate of drug-likeness (QED) is 0.0711. The van der Waals surface area contributed by atoms with Crippen molar-refractivity contribution in [1.82, 2.24) is 30.2 Å². The lowest BCUT2D eigenvalue weighted by Crippen LogP contribution is -2.70. The molecule has 14 atom stereocenters. The summed E-state index contributed by atoms with van der Waals surface area (Å²) in [6, 6.07) is 9.39. The van der Waals surface area contributed by atoms with Crippen LogP contribution in [-0.4, -0.2) is 203 Å². The molecule has 0 radical (unpaired) electrons. The highest BCUT2D eigenvalue weighted by molar-refractivity contribution is 7.99. The fourth-order valence-electron chi connectivity index (χ4n) is 20.5. The fourth-order valence-corrected chi connectivity index (χ4v) is 23.9. The first-order valence-corrected chi connectivity index (χ1v) is 39.3. The minimum atomic E-state index is -1.34. The lowest BCUT2D eigenvalue weighted by molar-refractivity contribution is -0.186. The molecule has 14 aliphatic rings. The first kappa shape index (κ1) is 74.5. The van der Waals surface area contributed by atoms with Crippen molar-refractivity contribution in [3.63, 3.8) is 0 Å². The molecule has 14 heterocycles. The van der Waals surface area contributed by atoms with Crippen LogP contribution in [-0.2, 0) is 65.4 Å². The van der Waals surface area contributed by atoms with Crippen molar-refractivity contribution < 1.29 is 101 Å². The zero-order valence-corrected chi connectivity index (χ0v) is 65.8. The summed E-state index contributed by atoms with van der Waals surface area (Å²) in [5.74, 6) is 3.99. The van der Waals surface area contributed by atoms with Gasteiger partial charge in [0, 0.05) is 101 Å². The van der Waals surface area contributed by atoms with Gasteiger partial charge in [-0.1, -0.05) is 12.1 Å². The Hall–Kier alpha value is -9.29. The van der Waals surface area contributed by atoms with Gasteiger partial charge in [-0.2, -0.15) is 5.26 Å². The van der Waals surface area contributed by atoms with Gasteiger partial charge in [0.1, 0.15) is 37.0 Å². The van der Waals surface area contributed by atoms with Crippen LogP contribution < -0.4 is 67.5 Å². The molecule has 111 heavy (non-hydrogen) atoms. The smallest absolute Gasteiger partial charge is 0.331 e. The topological polar surface area (TPSA) is 319 Å². The Bertz CT molecular complexity index is 5000. The summed E-state index contributed by atoms with van der Waals surface area (Å²) in [6.45, 7) is 11.0. The highest BCUT2D eigenvalue weighted by Crippen LogP contribution is 2.68. The third-order valence-corrected chi connectivity index (χ3v) is 28.0. The van der Waals surface area contributed by atoms with Crippen molar-refractivity contribution in [3.05, 3.63) is 125 Å². The van der Waals surface area contributed by atoms with E-state index in [4.69, 9.17) is 66.3 Å². The Labute approximate surface area is 649 Å². The van der Waals surface area contributed by atoms with E-state index in [9.17, 15) is 39.8 Å². The third-order valence-electron chi connectivity index (χ3n) is 25.1. The number of rotatable bonds is 8. The maximum Gasteiger partial charge on any atom is 0.331 e. The van der Waals surface area contributed by atoms with E-state index in [0.717, 1.165) is 55.6 Å². The number of phenols is 2.